The molecule has 0 atom stereocenters. The van der Waals surface area contributed by atoms with E-state index < -0.39 is 35.0 Å². The summed E-state index contributed by atoms with van der Waals surface area (Å²) in [6, 6.07) is 29.7. The van der Waals surface area contributed by atoms with Gasteiger partial charge in [-0.3, -0.25) is 0 Å². The van der Waals surface area contributed by atoms with Gasteiger partial charge in [0.2, 0.25) is 0 Å². The molecule has 0 N–H and O–H groups in total. The first-order valence-corrected chi connectivity index (χ1v) is 18.7. The second-order valence-corrected chi connectivity index (χ2v) is 15.8. The van der Waals surface area contributed by atoms with Crippen molar-refractivity contribution in [2.45, 2.75) is 52.7 Å². The molecule has 0 aliphatic heterocycles. The number of benzene rings is 5. The first kappa shape index (κ1) is 40.1. The van der Waals surface area contributed by atoms with E-state index >= 15 is 0 Å². The molecule has 288 valence electrons. The topological polar surface area (TPSA) is 107 Å². The highest BCUT2D eigenvalue weighted by Gasteiger charge is 2.25. The van der Waals surface area contributed by atoms with Crippen LogP contribution in [-0.2, 0) is 9.47 Å². The van der Waals surface area contributed by atoms with Gasteiger partial charge in [-0.25, -0.2) is 18.4 Å². The number of carbonyl (C=O) groups is 2. The largest absolute Gasteiger partial charge is 0.454 e. The third-order valence-corrected chi connectivity index (χ3v) is 8.78. The number of ether oxygens (including phenoxy) is 4. The van der Waals surface area contributed by atoms with Crippen molar-refractivity contribution in [3.8, 4) is 34.3 Å². The first-order valence-electron chi connectivity index (χ1n) is 17.2. The number of halogens is 4. The molecule has 0 bridgehead atoms. The van der Waals surface area contributed by atoms with E-state index in [0.29, 0.717) is 47.9 Å². The number of hydrogen-bond acceptors (Lipinski definition) is 8. The van der Waals surface area contributed by atoms with Gasteiger partial charge < -0.3 is 18.9 Å². The molecular formula is C42H36ClF2IN4O6. The van der Waals surface area contributed by atoms with Gasteiger partial charge in [0.05, 0.1) is 16.1 Å². The monoisotopic (exact) mass is 892 g/mol. The van der Waals surface area contributed by atoms with Crippen LogP contribution in [0.4, 0.5) is 18.4 Å². The second-order valence-electron chi connectivity index (χ2n) is 14.3. The zero-order chi connectivity index (χ0) is 40.4. The zero-order valence-electron chi connectivity index (χ0n) is 31.1. The number of nitrogens with zero attached hydrogens (tertiary/aromatic N) is 4. The summed E-state index contributed by atoms with van der Waals surface area (Å²) in [7, 11) is 0. The Morgan fingerprint density at radius 2 is 1.07 bits per heavy atom. The summed E-state index contributed by atoms with van der Waals surface area (Å²) in [5.74, 6) is 0.000877. The maximum atomic E-state index is 14.0. The minimum absolute atomic E-state index is 0.0801. The maximum absolute atomic E-state index is 14.0. The van der Waals surface area contributed by atoms with Gasteiger partial charge in [0.1, 0.15) is 32.1 Å². The van der Waals surface area contributed by atoms with E-state index in [0.717, 1.165) is 5.39 Å². The Balaban J connectivity index is 0.000000194. The molecule has 7 rings (SSSR count). The zero-order valence-corrected chi connectivity index (χ0v) is 34.1. The minimum Gasteiger partial charge on any atom is -0.454 e. The lowest BCUT2D eigenvalue weighted by molar-refractivity contribution is 0.0511. The van der Waals surface area contributed by atoms with Crippen LogP contribution in [0.2, 0.25) is 5.02 Å². The fourth-order valence-corrected chi connectivity index (χ4v) is 6.23. The van der Waals surface area contributed by atoms with Crippen molar-refractivity contribution in [2.24, 2.45) is 0 Å². The lowest BCUT2D eigenvalue weighted by Gasteiger charge is -2.19. The number of fused-ring (bicyclic) bond motifs is 2. The van der Waals surface area contributed by atoms with Crippen LogP contribution in [0, 0.1) is 15.3 Å². The Labute approximate surface area is 340 Å². The maximum Gasteiger partial charge on any atom is 0.435 e. The summed E-state index contributed by atoms with van der Waals surface area (Å²) < 4.78 is 53.0. The average molecular weight is 893 g/mol. The summed E-state index contributed by atoms with van der Waals surface area (Å²) >= 11 is 8.43. The predicted molar refractivity (Wildman–Crippen MR) is 219 cm³/mol. The van der Waals surface area contributed by atoms with Crippen LogP contribution >= 0.6 is 34.2 Å². The highest BCUT2D eigenvalue weighted by atomic mass is 127. The molecule has 0 saturated heterocycles. The molecule has 0 aliphatic rings. The Kier molecular flexibility index (Phi) is 11.7. The van der Waals surface area contributed by atoms with Gasteiger partial charge in [0.25, 0.3) is 0 Å². The van der Waals surface area contributed by atoms with E-state index in [9.17, 15) is 18.4 Å². The molecule has 14 heteroatoms. The van der Waals surface area contributed by atoms with Gasteiger partial charge in [-0.2, -0.15) is 19.6 Å². The van der Waals surface area contributed by atoms with Gasteiger partial charge in [-0.1, -0.05) is 54.1 Å². The van der Waals surface area contributed by atoms with E-state index in [1.54, 1.807) is 108 Å². The third-order valence-electron chi connectivity index (χ3n) is 7.65. The Bertz CT molecular complexity index is 2580. The van der Waals surface area contributed by atoms with Crippen molar-refractivity contribution in [1.29, 1.82) is 0 Å². The van der Waals surface area contributed by atoms with Crippen molar-refractivity contribution in [3.63, 3.8) is 0 Å². The molecule has 5 aromatic carbocycles. The molecule has 7 aromatic rings. The highest BCUT2D eigenvalue weighted by molar-refractivity contribution is 14.1. The molecule has 0 fully saturated rings. The number of hydrogen-bond donors (Lipinski definition) is 0. The number of carbonyl (C=O) groups excluding carboxylic acids is 2. The van der Waals surface area contributed by atoms with Crippen molar-refractivity contribution in [3.05, 3.63) is 130 Å². The van der Waals surface area contributed by atoms with E-state index in [-0.39, 0.29) is 11.5 Å². The van der Waals surface area contributed by atoms with Crippen molar-refractivity contribution in [1.82, 2.24) is 19.6 Å². The molecule has 2 aromatic heterocycles. The molecule has 0 amide bonds. The molecule has 0 unspecified atom stereocenters. The fourth-order valence-electron chi connectivity index (χ4n) is 5.33. The molecule has 0 saturated carbocycles. The Morgan fingerprint density at radius 3 is 1.57 bits per heavy atom. The predicted octanol–water partition coefficient (Wildman–Crippen LogP) is 12.4. The second kappa shape index (κ2) is 16.3. The van der Waals surface area contributed by atoms with Crippen LogP contribution < -0.4 is 9.47 Å². The third kappa shape index (κ3) is 9.45. The summed E-state index contributed by atoms with van der Waals surface area (Å²) in [6.07, 6.45) is -1.22. The molecule has 0 spiro atoms. The standard InChI is InChI=1S/C24H20ClFN2O3.C18H16FIN2O3/c1-24(2,3)31-23(29)28-20-14-15(30-21-11-7-6-10-19(21)26)12-13-17(20)22(27-28)16-8-4-5-9-18(16)25;1-18(2,3)25-17(23)22-14-10-11(8-9-12(14)16(20)21-22)24-15-7-5-4-6-13(15)19/h4-14H,1-3H3;4-10H,1-3H3. The van der Waals surface area contributed by atoms with E-state index in [2.05, 4.69) is 10.2 Å². The van der Waals surface area contributed by atoms with E-state index in [1.165, 1.54) is 33.6 Å². The normalized spacial score (nSPS) is 11.5. The van der Waals surface area contributed by atoms with Crippen molar-refractivity contribution in [2.75, 3.05) is 0 Å². The molecule has 2 heterocycles. The van der Waals surface area contributed by atoms with Gasteiger partial charge >= 0.3 is 12.2 Å². The fraction of sp³-hybridized carbons (Fsp3) is 0.190. The minimum atomic E-state index is -0.707. The SMILES string of the molecule is CC(C)(C)OC(=O)n1nc(-c2ccccc2Cl)c2ccc(Oc3ccccc3F)cc21.CC(C)(C)OC(=O)n1nc(I)c2ccc(Oc3ccccc3F)cc21. The van der Waals surface area contributed by atoms with Crippen molar-refractivity contribution >= 4 is 68.2 Å². The number of para-hydroxylation sites is 2. The van der Waals surface area contributed by atoms with E-state index in [4.69, 9.17) is 30.5 Å². The van der Waals surface area contributed by atoms with Gasteiger partial charge in [0.15, 0.2) is 23.1 Å². The molecule has 10 nitrogen and oxygen atoms in total. The van der Waals surface area contributed by atoms with Crippen LogP contribution in [0.25, 0.3) is 33.1 Å². The molecule has 0 radical (unpaired) electrons. The van der Waals surface area contributed by atoms with E-state index in [1.807, 2.05) is 40.8 Å². The Hall–Kier alpha value is -5.54. The van der Waals surface area contributed by atoms with Crippen LogP contribution in [0.1, 0.15) is 41.5 Å². The van der Waals surface area contributed by atoms with Gasteiger partial charge in [0, 0.05) is 28.5 Å². The average Bonchev–Trinajstić information content (AvgIpc) is 3.67. The van der Waals surface area contributed by atoms with Crippen molar-refractivity contribution < 1.29 is 37.3 Å². The Morgan fingerprint density at radius 1 is 0.625 bits per heavy atom. The van der Waals surface area contributed by atoms with Crippen LogP contribution in [0.5, 0.6) is 23.0 Å². The number of rotatable bonds is 5. The molecule has 0 aliphatic carbocycles. The lowest BCUT2D eigenvalue weighted by Crippen LogP contribution is -2.27. The summed E-state index contributed by atoms with van der Waals surface area (Å²) in [5, 5.41) is 10.7. The summed E-state index contributed by atoms with van der Waals surface area (Å²) in [5.41, 5.74) is 0.858. The van der Waals surface area contributed by atoms with Gasteiger partial charge in [-0.15, -0.1) is 0 Å². The van der Waals surface area contributed by atoms with Crippen LogP contribution in [-0.4, -0.2) is 42.9 Å². The highest BCUT2D eigenvalue weighted by Crippen LogP contribution is 2.36. The number of aromatic nitrogens is 4. The summed E-state index contributed by atoms with van der Waals surface area (Å²) in [4.78, 5) is 25.3. The van der Waals surface area contributed by atoms with Gasteiger partial charge in [-0.05, 0) is 119 Å². The lowest BCUT2D eigenvalue weighted by atomic mass is 10.1. The smallest absolute Gasteiger partial charge is 0.435 e. The quantitative estimate of drug-likeness (QED) is 0.157. The van der Waals surface area contributed by atoms with Crippen LogP contribution in [0.15, 0.2) is 109 Å². The molecular weight excluding hydrogens is 857 g/mol. The first-order chi connectivity index (χ1) is 26.5. The van der Waals surface area contributed by atoms with Crippen LogP contribution in [0.3, 0.4) is 0 Å². The summed E-state index contributed by atoms with van der Waals surface area (Å²) in [6.45, 7) is 10.7. The molecule has 56 heavy (non-hydrogen) atoms.